The minimum Gasteiger partial charge on any atom is -0.450 e. The highest BCUT2D eigenvalue weighted by atomic mass is 127. The van der Waals surface area contributed by atoms with Crippen molar-refractivity contribution in [2.24, 2.45) is 18.0 Å². The number of hydrogen-bond donors (Lipinski definition) is 3. The van der Waals surface area contributed by atoms with Crippen LogP contribution >= 0.6 is 24.0 Å². The fraction of sp³-hybridized carbons (Fsp3) is 0.750. The van der Waals surface area contributed by atoms with Gasteiger partial charge in [0.15, 0.2) is 5.96 Å². The van der Waals surface area contributed by atoms with Crippen LogP contribution in [0.3, 0.4) is 0 Å². The molecule has 1 aromatic heterocycles. The summed E-state index contributed by atoms with van der Waals surface area (Å²) in [6.07, 6.45) is 1.34. The Morgan fingerprint density at radius 2 is 1.90 bits per heavy atom. The molecule has 0 aliphatic carbocycles. The molecule has 2 atom stereocenters. The number of hydrogen-bond acceptors (Lipinski definition) is 4. The number of aliphatic imine (C=N–C) groups is 1. The maximum absolute atomic E-state index is 11.8. The highest BCUT2D eigenvalue weighted by molar-refractivity contribution is 14.0. The number of carbonyl (C=O) groups excluding carboxylic acids is 1. The van der Waals surface area contributed by atoms with Gasteiger partial charge in [-0.2, -0.15) is 5.10 Å². The Hall–Kier alpha value is -1.52. The fourth-order valence-electron chi connectivity index (χ4n) is 3.22. The maximum atomic E-state index is 11.8. The average Bonchev–Trinajstić information content (AvgIpc) is 2.84. The first-order chi connectivity index (χ1) is 13.2. The lowest BCUT2D eigenvalue weighted by Gasteiger charge is -2.23. The normalized spacial score (nSPS) is 13.5. The Labute approximate surface area is 192 Å². The second-order valence-corrected chi connectivity index (χ2v) is 7.67. The molecule has 1 heterocycles. The third kappa shape index (κ3) is 9.68. The van der Waals surface area contributed by atoms with E-state index >= 15 is 0 Å². The van der Waals surface area contributed by atoms with Crippen molar-refractivity contribution in [3.05, 3.63) is 17.0 Å². The molecule has 1 rings (SSSR count). The molecule has 29 heavy (non-hydrogen) atoms. The summed E-state index contributed by atoms with van der Waals surface area (Å²) < 4.78 is 6.93. The summed E-state index contributed by atoms with van der Waals surface area (Å²) in [5.41, 5.74) is 3.51. The van der Waals surface area contributed by atoms with Crippen molar-refractivity contribution in [1.82, 2.24) is 25.7 Å². The van der Waals surface area contributed by atoms with Gasteiger partial charge in [-0.25, -0.2) is 4.79 Å². The van der Waals surface area contributed by atoms with Gasteiger partial charge in [0.2, 0.25) is 0 Å². The van der Waals surface area contributed by atoms with Gasteiger partial charge in [0, 0.05) is 38.4 Å². The molecular weight excluding hydrogens is 483 g/mol. The highest BCUT2D eigenvalue weighted by Gasteiger charge is 2.17. The third-order valence-corrected chi connectivity index (χ3v) is 4.65. The van der Waals surface area contributed by atoms with Crippen molar-refractivity contribution in [2.45, 2.75) is 66.5 Å². The standard InChI is InChI=1S/C20H38N6O2.HI/c1-9-28-20(27)24-17(10-13(2)3)12-22-19(21-7)23-14(4)11-18-15(5)25-26(8)16(18)6;/h13-14,17H,9-12H2,1-8H3,(H,24,27)(H2,21,22,23);1H. The summed E-state index contributed by atoms with van der Waals surface area (Å²) in [6, 6.07) is 0.157. The van der Waals surface area contributed by atoms with Crippen molar-refractivity contribution in [1.29, 1.82) is 0 Å². The topological polar surface area (TPSA) is 92.6 Å². The van der Waals surface area contributed by atoms with Crippen LogP contribution in [0.15, 0.2) is 4.99 Å². The average molecular weight is 522 g/mol. The summed E-state index contributed by atoms with van der Waals surface area (Å²) in [4.78, 5) is 16.1. The molecule has 0 bridgehead atoms. The number of rotatable bonds is 9. The first-order valence-corrected chi connectivity index (χ1v) is 10.1. The molecule has 168 valence electrons. The van der Waals surface area contributed by atoms with Crippen LogP contribution in [0.2, 0.25) is 0 Å². The van der Waals surface area contributed by atoms with Crippen molar-refractivity contribution in [3.8, 4) is 0 Å². The smallest absolute Gasteiger partial charge is 0.407 e. The molecule has 9 heteroatoms. The lowest BCUT2D eigenvalue weighted by Crippen LogP contribution is -2.49. The molecule has 0 aliphatic heterocycles. The monoisotopic (exact) mass is 522 g/mol. The van der Waals surface area contributed by atoms with Crippen LogP contribution in [-0.2, 0) is 18.2 Å². The zero-order valence-electron chi connectivity index (χ0n) is 19.1. The molecule has 0 saturated heterocycles. The van der Waals surface area contributed by atoms with E-state index in [1.165, 1.54) is 11.3 Å². The van der Waals surface area contributed by atoms with Crippen molar-refractivity contribution in [3.63, 3.8) is 0 Å². The van der Waals surface area contributed by atoms with Crippen molar-refractivity contribution >= 4 is 36.0 Å². The number of nitrogens with one attached hydrogen (secondary N) is 3. The minimum absolute atomic E-state index is 0. The van der Waals surface area contributed by atoms with Crippen molar-refractivity contribution in [2.75, 3.05) is 20.2 Å². The number of aryl methyl sites for hydroxylation is 2. The molecule has 0 radical (unpaired) electrons. The Bertz CT molecular complexity index is 660. The summed E-state index contributed by atoms with van der Waals surface area (Å²) in [5, 5.41) is 14.2. The number of alkyl carbamates (subject to hydrolysis) is 1. The molecule has 0 saturated carbocycles. The Morgan fingerprint density at radius 1 is 1.24 bits per heavy atom. The number of ether oxygens (including phenoxy) is 1. The van der Waals surface area contributed by atoms with E-state index in [4.69, 9.17) is 4.74 Å². The summed E-state index contributed by atoms with van der Waals surface area (Å²) in [6.45, 7) is 13.3. The molecule has 0 fully saturated rings. The summed E-state index contributed by atoms with van der Waals surface area (Å²) >= 11 is 0. The van der Waals surface area contributed by atoms with E-state index < -0.39 is 0 Å². The van der Waals surface area contributed by atoms with Gasteiger partial charge in [-0.3, -0.25) is 9.67 Å². The second kappa shape index (κ2) is 13.7. The molecule has 1 amide bonds. The second-order valence-electron chi connectivity index (χ2n) is 7.67. The third-order valence-electron chi connectivity index (χ3n) is 4.65. The summed E-state index contributed by atoms with van der Waals surface area (Å²) in [7, 11) is 3.72. The predicted octanol–water partition coefficient (Wildman–Crippen LogP) is 2.91. The van der Waals surface area contributed by atoms with E-state index in [0.29, 0.717) is 25.0 Å². The number of nitrogens with zero attached hydrogens (tertiary/aromatic N) is 3. The highest BCUT2D eigenvalue weighted by Crippen LogP contribution is 2.14. The Kier molecular flexibility index (Phi) is 12.9. The number of amides is 1. The SMILES string of the molecule is CCOC(=O)NC(CNC(=NC)NC(C)Cc1c(C)nn(C)c1C)CC(C)C.I. The first kappa shape index (κ1) is 27.5. The molecule has 0 spiro atoms. The lowest BCUT2D eigenvalue weighted by atomic mass is 10.0. The number of halogens is 1. The molecule has 0 aliphatic rings. The fourth-order valence-corrected chi connectivity index (χ4v) is 3.22. The molecule has 3 N–H and O–H groups in total. The maximum Gasteiger partial charge on any atom is 0.407 e. The summed E-state index contributed by atoms with van der Waals surface area (Å²) in [5.74, 6) is 1.17. The zero-order chi connectivity index (χ0) is 21.3. The van der Waals surface area contributed by atoms with Gasteiger partial charge in [-0.15, -0.1) is 24.0 Å². The number of guanidine groups is 1. The van der Waals surface area contributed by atoms with Crippen molar-refractivity contribution < 1.29 is 9.53 Å². The Morgan fingerprint density at radius 3 is 2.38 bits per heavy atom. The molecule has 1 aromatic rings. The van der Waals surface area contributed by atoms with Gasteiger partial charge in [0.05, 0.1) is 12.3 Å². The zero-order valence-corrected chi connectivity index (χ0v) is 21.5. The lowest BCUT2D eigenvalue weighted by molar-refractivity contribution is 0.146. The molecule has 0 aromatic carbocycles. The van der Waals surface area contributed by atoms with Gasteiger partial charge in [0.25, 0.3) is 0 Å². The van der Waals surface area contributed by atoms with Crippen LogP contribution in [0.5, 0.6) is 0 Å². The molecule has 2 unspecified atom stereocenters. The number of carbonyl (C=O) groups is 1. The molecule has 8 nitrogen and oxygen atoms in total. The van der Waals surface area contributed by atoms with Crippen LogP contribution in [0.4, 0.5) is 4.79 Å². The largest absolute Gasteiger partial charge is 0.450 e. The van der Waals surface area contributed by atoms with Gasteiger partial charge < -0.3 is 20.7 Å². The van der Waals surface area contributed by atoms with E-state index in [2.05, 4.69) is 53.7 Å². The van der Waals surface area contributed by atoms with Crippen LogP contribution in [0.1, 0.15) is 51.1 Å². The van der Waals surface area contributed by atoms with E-state index in [0.717, 1.165) is 18.5 Å². The van der Waals surface area contributed by atoms with E-state index in [1.54, 1.807) is 14.0 Å². The van der Waals surface area contributed by atoms with Gasteiger partial charge in [0.1, 0.15) is 0 Å². The quantitative estimate of drug-likeness (QED) is 0.264. The van der Waals surface area contributed by atoms with Crippen LogP contribution < -0.4 is 16.0 Å². The molecular formula is C20H39IN6O2. The van der Waals surface area contributed by atoms with E-state index in [1.807, 2.05) is 18.7 Å². The predicted molar refractivity (Wildman–Crippen MR) is 129 cm³/mol. The van der Waals surface area contributed by atoms with Crippen LogP contribution in [0.25, 0.3) is 0 Å². The number of aromatic nitrogens is 2. The van der Waals surface area contributed by atoms with Gasteiger partial charge in [-0.05, 0) is 52.0 Å². The van der Waals surface area contributed by atoms with E-state index in [9.17, 15) is 4.79 Å². The first-order valence-electron chi connectivity index (χ1n) is 10.1. The van der Waals surface area contributed by atoms with Gasteiger partial charge >= 0.3 is 6.09 Å². The van der Waals surface area contributed by atoms with Crippen LogP contribution in [-0.4, -0.2) is 54.1 Å². The van der Waals surface area contributed by atoms with E-state index in [-0.39, 0.29) is 42.2 Å². The van der Waals surface area contributed by atoms with Crippen LogP contribution in [0, 0.1) is 19.8 Å². The van der Waals surface area contributed by atoms with Gasteiger partial charge in [-0.1, -0.05) is 13.8 Å². The Balaban J connectivity index is 0.00000784. The minimum atomic E-state index is -0.381.